The molecule has 1 N–H and O–H groups in total. The Bertz CT molecular complexity index is 809. The maximum absolute atomic E-state index is 12.5. The molecule has 6 heteroatoms. The van der Waals surface area contributed by atoms with Crippen molar-refractivity contribution >= 4 is 23.3 Å². The molecule has 1 aromatic heterocycles. The Labute approximate surface area is 153 Å². The van der Waals surface area contributed by atoms with Crippen LogP contribution in [0.15, 0.2) is 30.5 Å². The molecule has 1 aliphatic heterocycles. The van der Waals surface area contributed by atoms with E-state index in [4.69, 9.17) is 0 Å². The van der Waals surface area contributed by atoms with Gasteiger partial charge in [0.2, 0.25) is 5.95 Å². The van der Waals surface area contributed by atoms with Gasteiger partial charge in [0.1, 0.15) is 0 Å². The highest BCUT2D eigenvalue weighted by Gasteiger charge is 2.20. The van der Waals surface area contributed by atoms with E-state index < -0.39 is 0 Å². The predicted octanol–water partition coefficient (Wildman–Crippen LogP) is 3.48. The zero-order chi connectivity index (χ0) is 18.7. The third-order valence-corrected chi connectivity index (χ3v) is 4.83. The summed E-state index contributed by atoms with van der Waals surface area (Å²) in [4.78, 5) is 34.9. The summed E-state index contributed by atoms with van der Waals surface area (Å²) in [5.41, 5.74) is 2.36. The number of aromatic nitrogens is 2. The van der Waals surface area contributed by atoms with Gasteiger partial charge >= 0.3 is 0 Å². The number of benzene rings is 1. The van der Waals surface area contributed by atoms with Crippen LogP contribution in [0.5, 0.6) is 0 Å². The summed E-state index contributed by atoms with van der Waals surface area (Å²) in [6, 6.07) is 6.83. The van der Waals surface area contributed by atoms with Crippen LogP contribution in [0.4, 0.5) is 11.6 Å². The van der Waals surface area contributed by atoms with Gasteiger partial charge in [-0.25, -0.2) is 9.97 Å². The molecule has 0 aliphatic carbocycles. The Morgan fingerprint density at radius 1 is 1.15 bits per heavy atom. The van der Waals surface area contributed by atoms with E-state index in [0.29, 0.717) is 28.5 Å². The SMILES string of the molecule is CC(=O)c1ccc(NC(=O)c2cnc(N3CCC(C)CC3)nc2C)cc1. The number of nitrogens with zero attached hydrogens (tertiary/aromatic N) is 3. The summed E-state index contributed by atoms with van der Waals surface area (Å²) in [5.74, 6) is 1.18. The fourth-order valence-corrected chi connectivity index (χ4v) is 3.03. The van der Waals surface area contributed by atoms with Gasteiger partial charge in [0, 0.05) is 30.5 Å². The summed E-state index contributed by atoms with van der Waals surface area (Å²) in [7, 11) is 0. The molecule has 1 amide bonds. The first-order valence-electron chi connectivity index (χ1n) is 8.95. The van der Waals surface area contributed by atoms with Gasteiger partial charge in [-0.05, 0) is 56.9 Å². The summed E-state index contributed by atoms with van der Waals surface area (Å²) in [6.07, 6.45) is 3.87. The summed E-state index contributed by atoms with van der Waals surface area (Å²) in [6.45, 7) is 7.51. The van der Waals surface area contributed by atoms with Crippen LogP contribution in [0.25, 0.3) is 0 Å². The molecule has 2 heterocycles. The molecule has 0 unspecified atom stereocenters. The quantitative estimate of drug-likeness (QED) is 0.853. The van der Waals surface area contributed by atoms with Crippen LogP contribution in [0.2, 0.25) is 0 Å². The number of rotatable bonds is 4. The first kappa shape index (κ1) is 18.0. The molecule has 26 heavy (non-hydrogen) atoms. The number of carbonyl (C=O) groups excluding carboxylic acids is 2. The monoisotopic (exact) mass is 352 g/mol. The molecule has 0 spiro atoms. The summed E-state index contributed by atoms with van der Waals surface area (Å²) < 4.78 is 0. The average Bonchev–Trinajstić information content (AvgIpc) is 2.62. The Hall–Kier alpha value is -2.76. The average molecular weight is 352 g/mol. The second-order valence-electron chi connectivity index (χ2n) is 6.93. The van der Waals surface area contributed by atoms with Crippen molar-refractivity contribution in [2.45, 2.75) is 33.6 Å². The van der Waals surface area contributed by atoms with Gasteiger partial charge in [-0.1, -0.05) is 6.92 Å². The van der Waals surface area contributed by atoms with E-state index in [0.717, 1.165) is 31.8 Å². The predicted molar refractivity (Wildman–Crippen MR) is 102 cm³/mol. The fraction of sp³-hybridized carbons (Fsp3) is 0.400. The molecule has 1 fully saturated rings. The molecule has 1 aromatic carbocycles. The maximum atomic E-state index is 12.5. The topological polar surface area (TPSA) is 75.2 Å². The van der Waals surface area contributed by atoms with Crippen molar-refractivity contribution in [1.82, 2.24) is 9.97 Å². The van der Waals surface area contributed by atoms with Crippen molar-refractivity contribution in [2.75, 3.05) is 23.3 Å². The minimum Gasteiger partial charge on any atom is -0.341 e. The van der Waals surface area contributed by atoms with E-state index in [9.17, 15) is 9.59 Å². The molecule has 6 nitrogen and oxygen atoms in total. The van der Waals surface area contributed by atoms with Crippen LogP contribution in [-0.4, -0.2) is 34.7 Å². The lowest BCUT2D eigenvalue weighted by atomic mass is 10.00. The minimum atomic E-state index is -0.253. The van der Waals surface area contributed by atoms with Crippen molar-refractivity contribution in [2.24, 2.45) is 5.92 Å². The summed E-state index contributed by atoms with van der Waals surface area (Å²) >= 11 is 0. The van der Waals surface area contributed by atoms with Gasteiger partial charge in [0.05, 0.1) is 11.3 Å². The third kappa shape index (κ3) is 4.07. The number of carbonyl (C=O) groups is 2. The smallest absolute Gasteiger partial charge is 0.259 e. The van der Waals surface area contributed by atoms with Crippen LogP contribution >= 0.6 is 0 Å². The van der Waals surface area contributed by atoms with Gasteiger partial charge in [-0.2, -0.15) is 0 Å². The Morgan fingerprint density at radius 2 is 1.81 bits per heavy atom. The van der Waals surface area contributed by atoms with Gasteiger partial charge < -0.3 is 10.2 Å². The van der Waals surface area contributed by atoms with Crippen molar-refractivity contribution < 1.29 is 9.59 Å². The number of piperidine rings is 1. The van der Waals surface area contributed by atoms with E-state index in [1.807, 2.05) is 6.92 Å². The highest BCUT2D eigenvalue weighted by Crippen LogP contribution is 2.21. The van der Waals surface area contributed by atoms with Crippen LogP contribution in [0.1, 0.15) is 53.1 Å². The lowest BCUT2D eigenvalue weighted by Crippen LogP contribution is -2.34. The normalized spacial score (nSPS) is 15.0. The second-order valence-corrected chi connectivity index (χ2v) is 6.93. The number of Topliss-reactive ketones (excluding diaryl/α,β-unsaturated/α-hetero) is 1. The standard InChI is InChI=1S/C20H24N4O2/c1-13-8-10-24(11-9-13)20-21-12-18(14(2)22-20)19(26)23-17-6-4-16(5-7-17)15(3)25/h4-7,12-13H,8-11H2,1-3H3,(H,23,26). The number of anilines is 2. The van der Waals surface area contributed by atoms with E-state index in [2.05, 4.69) is 27.1 Å². The molecule has 0 atom stereocenters. The summed E-state index contributed by atoms with van der Waals surface area (Å²) in [5, 5.41) is 2.83. The lowest BCUT2D eigenvalue weighted by Gasteiger charge is -2.30. The second kappa shape index (κ2) is 7.64. The van der Waals surface area contributed by atoms with E-state index in [1.54, 1.807) is 30.5 Å². The zero-order valence-corrected chi connectivity index (χ0v) is 15.5. The number of aryl methyl sites for hydroxylation is 1. The molecule has 0 saturated carbocycles. The molecule has 1 aliphatic rings. The highest BCUT2D eigenvalue weighted by atomic mass is 16.1. The lowest BCUT2D eigenvalue weighted by molar-refractivity contribution is 0.101. The number of amides is 1. The first-order chi connectivity index (χ1) is 12.4. The van der Waals surface area contributed by atoms with Gasteiger partial charge in [-0.15, -0.1) is 0 Å². The van der Waals surface area contributed by atoms with Crippen molar-refractivity contribution in [3.05, 3.63) is 47.3 Å². The van der Waals surface area contributed by atoms with Crippen molar-refractivity contribution in [3.8, 4) is 0 Å². The zero-order valence-electron chi connectivity index (χ0n) is 15.5. The van der Waals surface area contributed by atoms with Crippen LogP contribution in [-0.2, 0) is 0 Å². The van der Waals surface area contributed by atoms with Crippen molar-refractivity contribution in [3.63, 3.8) is 0 Å². The maximum Gasteiger partial charge on any atom is 0.259 e. The fourth-order valence-electron chi connectivity index (χ4n) is 3.03. The molecule has 136 valence electrons. The molecule has 0 bridgehead atoms. The van der Waals surface area contributed by atoms with Gasteiger partial charge in [-0.3, -0.25) is 9.59 Å². The highest BCUT2D eigenvalue weighted by molar-refractivity contribution is 6.05. The van der Waals surface area contributed by atoms with Crippen LogP contribution < -0.4 is 10.2 Å². The number of ketones is 1. The van der Waals surface area contributed by atoms with E-state index in [1.165, 1.54) is 6.92 Å². The van der Waals surface area contributed by atoms with Crippen molar-refractivity contribution in [1.29, 1.82) is 0 Å². The number of hydrogen-bond acceptors (Lipinski definition) is 5. The molecule has 3 rings (SSSR count). The van der Waals surface area contributed by atoms with Crippen LogP contribution in [0, 0.1) is 12.8 Å². The van der Waals surface area contributed by atoms with E-state index in [-0.39, 0.29) is 11.7 Å². The molecular weight excluding hydrogens is 328 g/mol. The molecule has 0 radical (unpaired) electrons. The van der Waals surface area contributed by atoms with E-state index >= 15 is 0 Å². The van der Waals surface area contributed by atoms with Gasteiger partial charge in [0.25, 0.3) is 5.91 Å². The molecule has 2 aromatic rings. The third-order valence-electron chi connectivity index (χ3n) is 4.83. The number of nitrogens with one attached hydrogen (secondary N) is 1. The Balaban J connectivity index is 1.70. The Kier molecular flexibility index (Phi) is 5.30. The minimum absolute atomic E-state index is 0.00480. The molecular formula is C20H24N4O2. The van der Waals surface area contributed by atoms with Crippen LogP contribution in [0.3, 0.4) is 0 Å². The first-order valence-corrected chi connectivity index (χ1v) is 8.95. The number of hydrogen-bond donors (Lipinski definition) is 1. The molecule has 1 saturated heterocycles. The van der Waals surface area contributed by atoms with Gasteiger partial charge in [0.15, 0.2) is 5.78 Å². The Morgan fingerprint density at radius 3 is 2.38 bits per heavy atom. The largest absolute Gasteiger partial charge is 0.341 e.